The van der Waals surface area contributed by atoms with Gasteiger partial charge in [-0.15, -0.1) is 0 Å². The van der Waals surface area contributed by atoms with Gasteiger partial charge in [0.1, 0.15) is 17.9 Å². The van der Waals surface area contributed by atoms with E-state index < -0.39 is 11.4 Å². The van der Waals surface area contributed by atoms with Crippen molar-refractivity contribution in [1.82, 2.24) is 0 Å². The third-order valence-corrected chi connectivity index (χ3v) is 6.03. The molecule has 0 spiro atoms. The Labute approximate surface area is 183 Å². The van der Waals surface area contributed by atoms with Crippen molar-refractivity contribution < 1.29 is 19.4 Å². The highest BCUT2D eigenvalue weighted by atomic mass is 16.5. The standard InChI is InChI=1S/C27H28O4/c1-18(2)17-27(19-12-13-25(31-15-14-30-3)22(16-19)26(28)29)23-10-6-4-8-20(23)21-9-5-7-11-24(21)27/h4-13,16,18H,14-15,17H2,1-3H3,(H,28,29). The zero-order chi connectivity index (χ0) is 22.0. The summed E-state index contributed by atoms with van der Waals surface area (Å²) in [6.45, 7) is 5.13. The van der Waals surface area contributed by atoms with E-state index in [-0.39, 0.29) is 5.56 Å². The number of rotatable bonds is 8. The molecule has 0 amide bonds. The Hall–Kier alpha value is -3.11. The lowest BCUT2D eigenvalue weighted by atomic mass is 9.67. The molecule has 3 aromatic carbocycles. The van der Waals surface area contributed by atoms with E-state index in [0.29, 0.717) is 24.9 Å². The van der Waals surface area contributed by atoms with E-state index >= 15 is 0 Å². The number of hydrogen-bond acceptors (Lipinski definition) is 3. The van der Waals surface area contributed by atoms with Crippen LogP contribution in [0.4, 0.5) is 0 Å². The van der Waals surface area contributed by atoms with E-state index in [1.54, 1.807) is 19.2 Å². The predicted octanol–water partition coefficient (Wildman–Crippen LogP) is 5.77. The van der Waals surface area contributed by atoms with E-state index in [1.807, 2.05) is 6.07 Å². The van der Waals surface area contributed by atoms with Gasteiger partial charge in [-0.1, -0.05) is 68.4 Å². The van der Waals surface area contributed by atoms with Crippen LogP contribution in [-0.2, 0) is 10.2 Å². The van der Waals surface area contributed by atoms with Gasteiger partial charge in [-0.2, -0.15) is 0 Å². The molecule has 0 saturated carbocycles. The lowest BCUT2D eigenvalue weighted by molar-refractivity contribution is 0.0689. The molecule has 4 nitrogen and oxygen atoms in total. The normalized spacial score (nSPS) is 13.7. The van der Waals surface area contributed by atoms with Crippen LogP contribution in [0.1, 0.15) is 47.3 Å². The van der Waals surface area contributed by atoms with Gasteiger partial charge in [-0.3, -0.25) is 0 Å². The van der Waals surface area contributed by atoms with Crippen LogP contribution in [0.3, 0.4) is 0 Å². The first-order valence-electron chi connectivity index (χ1n) is 10.7. The van der Waals surface area contributed by atoms with E-state index in [1.165, 1.54) is 22.3 Å². The minimum Gasteiger partial charge on any atom is -0.490 e. The molecule has 1 aliphatic rings. The maximum Gasteiger partial charge on any atom is 0.339 e. The van der Waals surface area contributed by atoms with Crippen molar-refractivity contribution in [3.63, 3.8) is 0 Å². The summed E-state index contributed by atoms with van der Waals surface area (Å²) in [4.78, 5) is 12.1. The zero-order valence-corrected chi connectivity index (χ0v) is 18.2. The molecule has 160 valence electrons. The van der Waals surface area contributed by atoms with Crippen LogP contribution in [0, 0.1) is 5.92 Å². The lowest BCUT2D eigenvalue weighted by Gasteiger charge is -2.35. The number of aromatic carboxylic acids is 1. The number of methoxy groups -OCH3 is 1. The summed E-state index contributed by atoms with van der Waals surface area (Å²) in [6, 6.07) is 22.6. The Morgan fingerprint density at radius 3 is 2.10 bits per heavy atom. The Morgan fingerprint density at radius 2 is 1.55 bits per heavy atom. The molecule has 0 aromatic heterocycles. The molecular weight excluding hydrogens is 388 g/mol. The van der Waals surface area contributed by atoms with E-state index in [4.69, 9.17) is 9.47 Å². The number of hydrogen-bond donors (Lipinski definition) is 1. The summed E-state index contributed by atoms with van der Waals surface area (Å²) in [5.74, 6) is -0.216. The number of fused-ring (bicyclic) bond motifs is 3. The van der Waals surface area contributed by atoms with Crippen molar-refractivity contribution in [2.45, 2.75) is 25.7 Å². The van der Waals surface area contributed by atoms with Crippen LogP contribution in [0.15, 0.2) is 66.7 Å². The monoisotopic (exact) mass is 416 g/mol. The fourth-order valence-electron chi connectivity index (χ4n) is 4.91. The fourth-order valence-corrected chi connectivity index (χ4v) is 4.91. The molecule has 0 heterocycles. The van der Waals surface area contributed by atoms with Crippen molar-refractivity contribution >= 4 is 5.97 Å². The van der Waals surface area contributed by atoms with Crippen LogP contribution >= 0.6 is 0 Å². The highest BCUT2D eigenvalue weighted by molar-refractivity contribution is 5.92. The van der Waals surface area contributed by atoms with Gasteiger partial charge in [0.25, 0.3) is 0 Å². The largest absolute Gasteiger partial charge is 0.490 e. The number of carboxylic acid groups (broad SMARTS) is 1. The minimum absolute atomic E-state index is 0.179. The Balaban J connectivity index is 1.94. The second-order valence-corrected chi connectivity index (χ2v) is 8.45. The molecule has 4 rings (SSSR count). The van der Waals surface area contributed by atoms with Gasteiger partial charge in [0.15, 0.2) is 0 Å². The number of ether oxygens (including phenoxy) is 2. The average molecular weight is 417 g/mol. The maximum atomic E-state index is 12.1. The third-order valence-electron chi connectivity index (χ3n) is 6.03. The Morgan fingerprint density at radius 1 is 0.935 bits per heavy atom. The number of carbonyl (C=O) groups is 1. The molecular formula is C27H28O4. The topological polar surface area (TPSA) is 55.8 Å². The van der Waals surface area contributed by atoms with Gasteiger partial charge in [0.2, 0.25) is 0 Å². The second kappa shape index (κ2) is 8.56. The van der Waals surface area contributed by atoms with Crippen LogP contribution in [-0.4, -0.2) is 31.4 Å². The summed E-state index contributed by atoms with van der Waals surface area (Å²) >= 11 is 0. The van der Waals surface area contributed by atoms with Crippen LogP contribution < -0.4 is 4.74 Å². The number of carboxylic acids is 1. The smallest absolute Gasteiger partial charge is 0.339 e. The van der Waals surface area contributed by atoms with Gasteiger partial charge >= 0.3 is 5.97 Å². The van der Waals surface area contributed by atoms with Crippen molar-refractivity contribution in [2.24, 2.45) is 5.92 Å². The quantitative estimate of drug-likeness (QED) is 0.474. The predicted molar refractivity (Wildman–Crippen MR) is 122 cm³/mol. The van der Waals surface area contributed by atoms with Crippen molar-refractivity contribution in [3.05, 3.63) is 89.0 Å². The Kier molecular flexibility index (Phi) is 5.84. The van der Waals surface area contributed by atoms with Crippen LogP contribution in [0.5, 0.6) is 5.75 Å². The summed E-state index contributed by atoms with van der Waals surface area (Å²) in [7, 11) is 1.59. The molecule has 0 radical (unpaired) electrons. The van der Waals surface area contributed by atoms with Crippen molar-refractivity contribution in [1.29, 1.82) is 0 Å². The summed E-state index contributed by atoms with van der Waals surface area (Å²) in [5.41, 5.74) is 5.65. The first-order chi connectivity index (χ1) is 15.0. The van der Waals surface area contributed by atoms with Gasteiger partial charge in [0, 0.05) is 12.5 Å². The van der Waals surface area contributed by atoms with E-state index in [0.717, 1.165) is 12.0 Å². The third kappa shape index (κ3) is 3.61. The first-order valence-corrected chi connectivity index (χ1v) is 10.7. The molecule has 0 bridgehead atoms. The Bertz CT molecular complexity index is 1050. The fraction of sp³-hybridized carbons (Fsp3) is 0.296. The second-order valence-electron chi connectivity index (χ2n) is 8.45. The van der Waals surface area contributed by atoms with E-state index in [2.05, 4.69) is 62.4 Å². The molecule has 3 aromatic rings. The van der Waals surface area contributed by atoms with Crippen molar-refractivity contribution in [3.8, 4) is 16.9 Å². The summed E-state index contributed by atoms with van der Waals surface area (Å²) < 4.78 is 10.7. The van der Waals surface area contributed by atoms with Gasteiger partial charge < -0.3 is 14.6 Å². The lowest BCUT2D eigenvalue weighted by Crippen LogP contribution is -2.29. The molecule has 0 fully saturated rings. The van der Waals surface area contributed by atoms with Gasteiger partial charge in [-0.05, 0) is 52.3 Å². The van der Waals surface area contributed by atoms with Crippen LogP contribution in [0.25, 0.3) is 11.1 Å². The summed E-state index contributed by atoms with van der Waals surface area (Å²) in [5, 5.41) is 9.93. The average Bonchev–Trinajstić information content (AvgIpc) is 3.05. The molecule has 1 aliphatic carbocycles. The molecule has 0 unspecified atom stereocenters. The molecule has 1 N–H and O–H groups in total. The van der Waals surface area contributed by atoms with E-state index in [9.17, 15) is 9.90 Å². The molecule has 0 atom stereocenters. The summed E-state index contributed by atoms with van der Waals surface area (Å²) in [6.07, 6.45) is 0.879. The molecule has 4 heteroatoms. The minimum atomic E-state index is -0.992. The van der Waals surface area contributed by atoms with Gasteiger partial charge in [0.05, 0.1) is 6.61 Å². The highest BCUT2D eigenvalue weighted by Crippen LogP contribution is 2.55. The maximum absolute atomic E-state index is 12.1. The van der Waals surface area contributed by atoms with Crippen LogP contribution in [0.2, 0.25) is 0 Å². The highest BCUT2D eigenvalue weighted by Gasteiger charge is 2.45. The van der Waals surface area contributed by atoms with Gasteiger partial charge in [-0.25, -0.2) is 4.79 Å². The molecule has 31 heavy (non-hydrogen) atoms. The molecule has 0 aliphatic heterocycles. The molecule has 0 saturated heterocycles. The van der Waals surface area contributed by atoms with Crippen molar-refractivity contribution in [2.75, 3.05) is 20.3 Å². The number of benzene rings is 3. The first kappa shape index (κ1) is 21.1. The SMILES string of the molecule is COCCOc1ccc(C2(CC(C)C)c3ccccc3-c3ccccc32)cc1C(=O)O. The zero-order valence-electron chi connectivity index (χ0n) is 18.2.